The van der Waals surface area contributed by atoms with E-state index in [-0.39, 0.29) is 24.7 Å². The first-order valence-corrected chi connectivity index (χ1v) is 12.7. The van der Waals surface area contributed by atoms with Gasteiger partial charge in [0.1, 0.15) is 5.75 Å². The van der Waals surface area contributed by atoms with Crippen molar-refractivity contribution < 1.29 is 23.9 Å². The van der Waals surface area contributed by atoms with Crippen LogP contribution in [0, 0.1) is 0 Å². The van der Waals surface area contributed by atoms with E-state index >= 15 is 0 Å². The van der Waals surface area contributed by atoms with E-state index < -0.39 is 12.0 Å². The van der Waals surface area contributed by atoms with E-state index in [9.17, 15) is 14.4 Å². The van der Waals surface area contributed by atoms with Gasteiger partial charge in [0.2, 0.25) is 0 Å². The summed E-state index contributed by atoms with van der Waals surface area (Å²) in [5.41, 5.74) is 1.79. The molecule has 0 bridgehead atoms. The van der Waals surface area contributed by atoms with Crippen LogP contribution in [0.2, 0.25) is 0 Å². The minimum absolute atomic E-state index is 0.0103. The highest BCUT2D eigenvalue weighted by molar-refractivity contribution is 5.95. The second-order valence-corrected chi connectivity index (χ2v) is 8.99. The van der Waals surface area contributed by atoms with E-state index in [1.807, 2.05) is 49.9 Å². The summed E-state index contributed by atoms with van der Waals surface area (Å²) in [7, 11) is 1.58. The third kappa shape index (κ3) is 6.10. The molecule has 198 valence electrons. The van der Waals surface area contributed by atoms with Gasteiger partial charge in [-0.15, -0.1) is 0 Å². The zero-order valence-corrected chi connectivity index (χ0v) is 22.0. The number of nitrogens with one attached hydrogen (secondary N) is 2. The lowest BCUT2D eigenvalue weighted by molar-refractivity contribution is -0.139. The molecule has 1 aromatic carbocycles. The summed E-state index contributed by atoms with van der Waals surface area (Å²) in [5.74, 6) is 0.181. The van der Waals surface area contributed by atoms with Crippen LogP contribution in [0.3, 0.4) is 0 Å². The Balaban J connectivity index is 1.94. The van der Waals surface area contributed by atoms with E-state index in [0.717, 1.165) is 12.0 Å². The molecule has 0 aliphatic carbocycles. The number of amides is 4. The van der Waals surface area contributed by atoms with Crippen LogP contribution >= 0.6 is 0 Å². The predicted molar refractivity (Wildman–Crippen MR) is 137 cm³/mol. The maximum Gasteiger partial charge on any atom is 0.338 e. The fourth-order valence-corrected chi connectivity index (χ4v) is 4.75. The zero-order chi connectivity index (χ0) is 26.2. The minimum atomic E-state index is -0.664. The average Bonchev–Trinajstić information content (AvgIpc) is 2.87. The standard InChI is InChI=1S/C26H39N5O5/c1-6-12-27-25(33)31-14-13-29(16-18(31)4)17-21-22(24(32)36-8-3)23(28-26(34)30(21)7-2)19-10-9-11-20(15-19)35-5/h9-11,15,18,23H,6-8,12-14,16-17H2,1-5H3,(H,27,33)(H,28,34)/t18-,23+/m1/s1. The highest BCUT2D eigenvalue weighted by Gasteiger charge is 2.39. The fraction of sp³-hybridized carbons (Fsp3) is 0.577. The van der Waals surface area contributed by atoms with Gasteiger partial charge < -0.3 is 25.0 Å². The molecular formula is C26H39N5O5. The molecule has 2 heterocycles. The number of likely N-dealkylation sites (N-methyl/N-ethyl adjacent to an activating group) is 1. The number of hydrogen-bond donors (Lipinski definition) is 2. The zero-order valence-electron chi connectivity index (χ0n) is 22.0. The van der Waals surface area contributed by atoms with Crippen LogP contribution in [-0.2, 0) is 9.53 Å². The van der Waals surface area contributed by atoms with Crippen molar-refractivity contribution >= 4 is 18.0 Å². The number of nitrogens with zero attached hydrogens (tertiary/aromatic N) is 3. The number of carbonyl (C=O) groups is 3. The lowest BCUT2D eigenvalue weighted by Gasteiger charge is -2.42. The van der Waals surface area contributed by atoms with E-state index in [1.165, 1.54) is 0 Å². The number of carbonyl (C=O) groups excluding carboxylic acids is 3. The van der Waals surface area contributed by atoms with Gasteiger partial charge in [-0.3, -0.25) is 9.80 Å². The number of methoxy groups -OCH3 is 1. The van der Waals surface area contributed by atoms with Gasteiger partial charge in [0, 0.05) is 51.0 Å². The van der Waals surface area contributed by atoms with Crippen LogP contribution in [0.25, 0.3) is 0 Å². The van der Waals surface area contributed by atoms with Crippen LogP contribution in [0.4, 0.5) is 9.59 Å². The van der Waals surface area contributed by atoms with Gasteiger partial charge in [0.05, 0.1) is 25.3 Å². The Morgan fingerprint density at radius 1 is 1.19 bits per heavy atom. The molecule has 1 saturated heterocycles. The van der Waals surface area contributed by atoms with Gasteiger partial charge in [-0.2, -0.15) is 0 Å². The van der Waals surface area contributed by atoms with E-state index in [2.05, 4.69) is 15.5 Å². The summed E-state index contributed by atoms with van der Waals surface area (Å²) in [6.07, 6.45) is 0.883. The molecule has 10 heteroatoms. The predicted octanol–water partition coefficient (Wildman–Crippen LogP) is 2.72. The number of urea groups is 2. The minimum Gasteiger partial charge on any atom is -0.497 e. The van der Waals surface area contributed by atoms with Crippen LogP contribution < -0.4 is 15.4 Å². The molecule has 2 atom stereocenters. The molecule has 36 heavy (non-hydrogen) atoms. The maximum atomic E-state index is 13.3. The van der Waals surface area contributed by atoms with E-state index in [4.69, 9.17) is 9.47 Å². The molecule has 4 amide bonds. The first-order valence-electron chi connectivity index (χ1n) is 12.7. The Hall–Kier alpha value is -3.27. The SMILES string of the molecule is CCCNC(=O)N1CCN(CC2=C(C(=O)OCC)[C@H](c3cccc(OC)c3)NC(=O)N2CC)C[C@H]1C. The number of rotatable bonds is 9. The lowest BCUT2D eigenvalue weighted by Crippen LogP contribution is -2.58. The number of esters is 1. The normalized spacial score (nSPS) is 20.8. The van der Waals surface area contributed by atoms with Crippen LogP contribution in [0.1, 0.15) is 45.7 Å². The Kier molecular flexibility index (Phi) is 9.58. The van der Waals surface area contributed by atoms with Crippen molar-refractivity contribution in [2.75, 3.05) is 53.0 Å². The first-order chi connectivity index (χ1) is 17.3. The monoisotopic (exact) mass is 501 g/mol. The van der Waals surface area contributed by atoms with Gasteiger partial charge in [0.25, 0.3) is 0 Å². The van der Waals surface area contributed by atoms with Crippen LogP contribution in [0.5, 0.6) is 5.75 Å². The first kappa shape index (κ1) is 27.3. The molecule has 3 rings (SSSR count). The number of piperazine rings is 1. The topological polar surface area (TPSA) is 103 Å². The van der Waals surface area contributed by atoms with Crippen molar-refractivity contribution in [1.82, 2.24) is 25.3 Å². The van der Waals surface area contributed by atoms with Crippen molar-refractivity contribution in [1.29, 1.82) is 0 Å². The van der Waals surface area contributed by atoms with Crippen molar-refractivity contribution in [2.24, 2.45) is 0 Å². The Bertz CT molecular complexity index is 981. The molecular weight excluding hydrogens is 462 g/mol. The summed E-state index contributed by atoms with van der Waals surface area (Å²) >= 11 is 0. The van der Waals surface area contributed by atoms with Gasteiger partial charge in [-0.1, -0.05) is 19.1 Å². The smallest absolute Gasteiger partial charge is 0.338 e. The second-order valence-electron chi connectivity index (χ2n) is 8.99. The highest BCUT2D eigenvalue weighted by atomic mass is 16.5. The molecule has 0 aromatic heterocycles. The summed E-state index contributed by atoms with van der Waals surface area (Å²) in [4.78, 5) is 44.6. The largest absolute Gasteiger partial charge is 0.497 e. The van der Waals surface area contributed by atoms with Gasteiger partial charge in [0.15, 0.2) is 0 Å². The van der Waals surface area contributed by atoms with Gasteiger partial charge in [-0.05, 0) is 44.9 Å². The molecule has 2 N–H and O–H groups in total. The number of ether oxygens (including phenoxy) is 2. The summed E-state index contributed by atoms with van der Waals surface area (Å²) < 4.78 is 10.8. The van der Waals surface area contributed by atoms with Crippen molar-refractivity contribution in [3.05, 3.63) is 41.1 Å². The molecule has 10 nitrogen and oxygen atoms in total. The fourth-order valence-electron chi connectivity index (χ4n) is 4.75. The number of benzene rings is 1. The summed E-state index contributed by atoms with van der Waals surface area (Å²) in [6.45, 7) is 11.2. The van der Waals surface area contributed by atoms with Gasteiger partial charge >= 0.3 is 18.0 Å². The van der Waals surface area contributed by atoms with Crippen LogP contribution in [0.15, 0.2) is 35.5 Å². The molecule has 2 aliphatic heterocycles. The Morgan fingerprint density at radius 2 is 1.97 bits per heavy atom. The van der Waals surface area contributed by atoms with E-state index in [0.29, 0.717) is 56.3 Å². The van der Waals surface area contributed by atoms with E-state index in [1.54, 1.807) is 18.9 Å². The third-order valence-corrected chi connectivity index (χ3v) is 6.55. The summed E-state index contributed by atoms with van der Waals surface area (Å²) in [5, 5.41) is 5.93. The molecule has 0 unspecified atom stereocenters. The molecule has 1 fully saturated rings. The molecule has 0 saturated carbocycles. The lowest BCUT2D eigenvalue weighted by atomic mass is 9.93. The summed E-state index contributed by atoms with van der Waals surface area (Å²) in [6, 6.07) is 6.34. The highest BCUT2D eigenvalue weighted by Crippen LogP contribution is 2.33. The molecule has 0 spiro atoms. The number of hydrogen-bond acceptors (Lipinski definition) is 6. The third-order valence-electron chi connectivity index (χ3n) is 6.55. The average molecular weight is 502 g/mol. The van der Waals surface area contributed by atoms with Crippen molar-refractivity contribution in [3.63, 3.8) is 0 Å². The van der Waals surface area contributed by atoms with Crippen molar-refractivity contribution in [2.45, 2.75) is 46.2 Å². The van der Waals surface area contributed by atoms with Gasteiger partial charge in [-0.25, -0.2) is 14.4 Å². The van der Waals surface area contributed by atoms with Crippen molar-refractivity contribution in [3.8, 4) is 5.75 Å². The molecule has 0 radical (unpaired) electrons. The molecule has 1 aromatic rings. The Morgan fingerprint density at radius 3 is 2.61 bits per heavy atom. The quantitative estimate of drug-likeness (QED) is 0.505. The van der Waals surface area contributed by atoms with Crippen LogP contribution in [-0.4, -0.2) is 91.8 Å². The Labute approximate surface area is 213 Å². The second kappa shape index (κ2) is 12.6. The molecule has 2 aliphatic rings. The maximum absolute atomic E-state index is 13.3.